The minimum Gasteiger partial charge on any atom is -0.367 e. The third kappa shape index (κ3) is 4.39. The zero-order valence-corrected chi connectivity index (χ0v) is 14.8. The number of carbonyl (C=O) groups is 1. The van der Waals surface area contributed by atoms with Crippen molar-refractivity contribution in [3.8, 4) is 0 Å². The Labute approximate surface area is 146 Å². The molecule has 1 amide bonds. The largest absolute Gasteiger partial charge is 0.367 e. The van der Waals surface area contributed by atoms with Gasteiger partial charge in [-0.25, -0.2) is 9.97 Å². The molecule has 2 aromatic rings. The zero-order chi connectivity index (χ0) is 16.8. The summed E-state index contributed by atoms with van der Waals surface area (Å²) in [7, 11) is 0. The summed E-state index contributed by atoms with van der Waals surface area (Å²) in [4.78, 5) is 22.1. The molecule has 2 aromatic heterocycles. The molecule has 1 aliphatic rings. The highest BCUT2D eigenvalue weighted by Gasteiger charge is 2.32. The van der Waals surface area contributed by atoms with E-state index in [2.05, 4.69) is 21.4 Å². The van der Waals surface area contributed by atoms with Gasteiger partial charge in [0.2, 0.25) is 5.91 Å². The highest BCUT2D eigenvalue weighted by Crippen LogP contribution is 2.32. The van der Waals surface area contributed by atoms with Crippen LogP contribution in [0.4, 0.5) is 0 Å². The van der Waals surface area contributed by atoms with E-state index < -0.39 is 0 Å². The monoisotopic (exact) mass is 345 g/mol. The molecule has 6 heteroatoms. The summed E-state index contributed by atoms with van der Waals surface area (Å²) in [6.07, 6.45) is 8.05. The number of thiophene rings is 1. The van der Waals surface area contributed by atoms with Gasteiger partial charge in [0, 0.05) is 42.4 Å². The van der Waals surface area contributed by atoms with Gasteiger partial charge in [0.25, 0.3) is 0 Å². The molecule has 0 unspecified atom stereocenters. The number of ether oxygens (including phenoxy) is 1. The fourth-order valence-corrected chi connectivity index (χ4v) is 3.52. The molecule has 5 nitrogen and oxygen atoms in total. The smallest absolute Gasteiger partial charge is 0.220 e. The lowest BCUT2D eigenvalue weighted by molar-refractivity contribution is -0.121. The van der Waals surface area contributed by atoms with Gasteiger partial charge in [-0.15, -0.1) is 11.3 Å². The van der Waals surface area contributed by atoms with Crippen LogP contribution in [0.3, 0.4) is 0 Å². The normalized spacial score (nSPS) is 20.7. The predicted octanol–water partition coefficient (Wildman–Crippen LogP) is 3.20. The van der Waals surface area contributed by atoms with Gasteiger partial charge < -0.3 is 10.1 Å². The summed E-state index contributed by atoms with van der Waals surface area (Å²) in [6.45, 7) is 3.27. The van der Waals surface area contributed by atoms with Crippen LogP contribution in [0.15, 0.2) is 29.9 Å². The van der Waals surface area contributed by atoms with Crippen molar-refractivity contribution in [2.45, 2.75) is 51.2 Å². The third-order valence-electron chi connectivity index (χ3n) is 4.32. The summed E-state index contributed by atoms with van der Waals surface area (Å²) in [5, 5.41) is 4.95. The van der Waals surface area contributed by atoms with Crippen LogP contribution in [-0.2, 0) is 28.1 Å². The van der Waals surface area contributed by atoms with Crippen LogP contribution in [0.25, 0.3) is 0 Å². The van der Waals surface area contributed by atoms with Crippen LogP contribution in [0.1, 0.15) is 48.9 Å². The zero-order valence-electron chi connectivity index (χ0n) is 14.0. The molecule has 1 aliphatic heterocycles. The SMILES string of the molecule is C[C@@]1(c2ncc(CNC(=O)CCc3cccs3)cn2)CCCCO1. The molecule has 24 heavy (non-hydrogen) atoms. The molecule has 3 rings (SSSR count). The number of carbonyl (C=O) groups excluding carboxylic acids is 1. The summed E-state index contributed by atoms with van der Waals surface area (Å²) >= 11 is 1.68. The van der Waals surface area contributed by atoms with Crippen molar-refractivity contribution in [3.63, 3.8) is 0 Å². The molecular weight excluding hydrogens is 322 g/mol. The van der Waals surface area contributed by atoms with Crippen molar-refractivity contribution in [1.82, 2.24) is 15.3 Å². The Morgan fingerprint density at radius 3 is 2.88 bits per heavy atom. The Hall–Kier alpha value is -1.79. The number of aromatic nitrogens is 2. The summed E-state index contributed by atoms with van der Waals surface area (Å²) in [6, 6.07) is 4.06. The van der Waals surface area contributed by atoms with Crippen LogP contribution in [0.5, 0.6) is 0 Å². The van der Waals surface area contributed by atoms with Gasteiger partial charge in [0.15, 0.2) is 5.82 Å². The van der Waals surface area contributed by atoms with Gasteiger partial charge in [-0.05, 0) is 44.1 Å². The van der Waals surface area contributed by atoms with Crippen molar-refractivity contribution in [3.05, 3.63) is 46.2 Å². The van der Waals surface area contributed by atoms with Crippen molar-refractivity contribution in [2.24, 2.45) is 0 Å². The molecule has 128 valence electrons. The number of amides is 1. The highest BCUT2D eigenvalue weighted by molar-refractivity contribution is 7.09. The summed E-state index contributed by atoms with van der Waals surface area (Å²) in [5.74, 6) is 0.782. The Balaban J connectivity index is 1.48. The molecule has 0 aromatic carbocycles. The van der Waals surface area contributed by atoms with Gasteiger partial charge in [-0.1, -0.05) is 6.07 Å². The van der Waals surface area contributed by atoms with Crippen molar-refractivity contribution in [1.29, 1.82) is 0 Å². The maximum atomic E-state index is 11.9. The minimum absolute atomic E-state index is 0.0510. The second-order valence-electron chi connectivity index (χ2n) is 6.31. The van der Waals surface area contributed by atoms with E-state index in [1.54, 1.807) is 23.7 Å². The van der Waals surface area contributed by atoms with Crippen LogP contribution < -0.4 is 5.32 Å². The Morgan fingerprint density at radius 2 is 2.21 bits per heavy atom. The molecule has 0 bridgehead atoms. The molecule has 0 spiro atoms. The predicted molar refractivity (Wildman–Crippen MR) is 93.7 cm³/mol. The number of hydrogen-bond acceptors (Lipinski definition) is 5. The van der Waals surface area contributed by atoms with E-state index in [9.17, 15) is 4.79 Å². The maximum absolute atomic E-state index is 11.9. The second-order valence-corrected chi connectivity index (χ2v) is 7.34. The lowest BCUT2D eigenvalue weighted by Crippen LogP contribution is -2.32. The van der Waals surface area contributed by atoms with Gasteiger partial charge >= 0.3 is 0 Å². The Bertz CT molecular complexity index is 649. The van der Waals surface area contributed by atoms with E-state index in [4.69, 9.17) is 4.74 Å². The van der Waals surface area contributed by atoms with Crippen LogP contribution in [-0.4, -0.2) is 22.5 Å². The maximum Gasteiger partial charge on any atom is 0.220 e. The molecular formula is C18H23N3O2S. The third-order valence-corrected chi connectivity index (χ3v) is 5.25. The molecule has 0 radical (unpaired) electrons. The number of nitrogens with one attached hydrogen (secondary N) is 1. The standard InChI is InChI=1S/C18H23N3O2S/c1-18(8-2-3-9-23-18)17-20-12-14(13-21-17)11-19-16(22)7-6-15-5-4-10-24-15/h4-5,10,12-13H,2-3,6-9,11H2,1H3,(H,19,22)/t18-/m0/s1. The molecule has 0 saturated carbocycles. The van der Waals surface area contributed by atoms with E-state index >= 15 is 0 Å². The first-order valence-corrected chi connectivity index (χ1v) is 9.28. The van der Waals surface area contributed by atoms with Crippen molar-refractivity contribution < 1.29 is 9.53 Å². The first kappa shape index (κ1) is 17.0. The quantitative estimate of drug-likeness (QED) is 0.873. The lowest BCUT2D eigenvalue weighted by atomic mass is 9.95. The summed E-state index contributed by atoms with van der Waals surface area (Å²) in [5.41, 5.74) is 0.531. The average Bonchev–Trinajstić information content (AvgIpc) is 3.13. The van der Waals surface area contributed by atoms with Crippen LogP contribution >= 0.6 is 11.3 Å². The van der Waals surface area contributed by atoms with Gasteiger partial charge in [-0.2, -0.15) is 0 Å². The Kier molecular flexibility index (Phi) is 5.58. The average molecular weight is 345 g/mol. The summed E-state index contributed by atoms with van der Waals surface area (Å²) < 4.78 is 5.86. The molecule has 1 atom stereocenters. The first-order chi connectivity index (χ1) is 11.7. The van der Waals surface area contributed by atoms with Gasteiger partial charge in [0.1, 0.15) is 5.60 Å². The lowest BCUT2D eigenvalue weighted by Gasteiger charge is -2.32. The fraction of sp³-hybridized carbons (Fsp3) is 0.500. The number of aryl methyl sites for hydroxylation is 1. The highest BCUT2D eigenvalue weighted by atomic mass is 32.1. The van der Waals surface area contributed by atoms with Crippen molar-refractivity contribution >= 4 is 17.2 Å². The molecule has 3 heterocycles. The molecule has 0 aliphatic carbocycles. The van der Waals surface area contributed by atoms with E-state index in [0.717, 1.165) is 43.7 Å². The number of rotatable bonds is 6. The topological polar surface area (TPSA) is 64.1 Å². The van der Waals surface area contributed by atoms with Crippen molar-refractivity contribution in [2.75, 3.05) is 6.61 Å². The number of nitrogens with zero attached hydrogens (tertiary/aromatic N) is 2. The van der Waals surface area contributed by atoms with Gasteiger partial charge in [0.05, 0.1) is 0 Å². The molecule has 1 N–H and O–H groups in total. The van der Waals surface area contributed by atoms with E-state index in [0.29, 0.717) is 13.0 Å². The van der Waals surface area contributed by atoms with E-state index in [-0.39, 0.29) is 11.5 Å². The fourth-order valence-electron chi connectivity index (χ4n) is 2.81. The Morgan fingerprint density at radius 1 is 1.38 bits per heavy atom. The van der Waals surface area contributed by atoms with Crippen LogP contribution in [0, 0.1) is 0 Å². The first-order valence-electron chi connectivity index (χ1n) is 8.40. The molecule has 1 fully saturated rings. The van der Waals surface area contributed by atoms with E-state index in [1.165, 1.54) is 4.88 Å². The number of hydrogen-bond donors (Lipinski definition) is 1. The van der Waals surface area contributed by atoms with Gasteiger partial charge in [-0.3, -0.25) is 4.79 Å². The minimum atomic E-state index is -0.374. The van der Waals surface area contributed by atoms with Crippen LogP contribution in [0.2, 0.25) is 0 Å². The van der Waals surface area contributed by atoms with E-state index in [1.807, 2.05) is 18.4 Å². The second kappa shape index (κ2) is 7.85. The molecule has 1 saturated heterocycles.